The number of halogens is 2. The molecular weight excluding hydrogens is 339 g/mol. The molecule has 21 heavy (non-hydrogen) atoms. The SMILES string of the molecule is CN(CCc1ccncc1)c1ccc(C(=O)O)c(Br)c1F. The molecule has 0 amide bonds. The Morgan fingerprint density at radius 3 is 2.62 bits per heavy atom. The highest BCUT2D eigenvalue weighted by molar-refractivity contribution is 9.10. The van der Waals surface area contributed by atoms with Crippen LogP contribution in [0.15, 0.2) is 41.1 Å². The summed E-state index contributed by atoms with van der Waals surface area (Å²) >= 11 is 3.01. The summed E-state index contributed by atoms with van der Waals surface area (Å²) < 4.78 is 14.2. The van der Waals surface area contributed by atoms with Gasteiger partial charge in [-0.2, -0.15) is 0 Å². The maximum Gasteiger partial charge on any atom is 0.336 e. The van der Waals surface area contributed by atoms with Gasteiger partial charge in [-0.05, 0) is 52.2 Å². The number of aromatic carboxylic acids is 1. The Morgan fingerprint density at radius 2 is 2.00 bits per heavy atom. The number of rotatable bonds is 5. The summed E-state index contributed by atoms with van der Waals surface area (Å²) in [5.74, 6) is -1.72. The Balaban J connectivity index is 2.14. The second-order valence-electron chi connectivity index (χ2n) is 4.59. The zero-order valence-corrected chi connectivity index (χ0v) is 13.0. The fourth-order valence-electron chi connectivity index (χ4n) is 1.97. The van der Waals surface area contributed by atoms with Gasteiger partial charge in [0.2, 0.25) is 0 Å². The van der Waals surface area contributed by atoms with Gasteiger partial charge >= 0.3 is 5.97 Å². The largest absolute Gasteiger partial charge is 0.478 e. The first kappa shape index (κ1) is 15.4. The van der Waals surface area contributed by atoms with Gasteiger partial charge in [-0.15, -0.1) is 0 Å². The van der Waals surface area contributed by atoms with Crippen molar-refractivity contribution in [3.8, 4) is 0 Å². The average Bonchev–Trinajstić information content (AvgIpc) is 2.48. The van der Waals surface area contributed by atoms with Crippen LogP contribution in [0.2, 0.25) is 0 Å². The summed E-state index contributed by atoms with van der Waals surface area (Å²) in [6, 6.07) is 6.70. The molecule has 0 bridgehead atoms. The molecule has 1 aromatic heterocycles. The van der Waals surface area contributed by atoms with E-state index in [2.05, 4.69) is 20.9 Å². The van der Waals surface area contributed by atoms with Crippen LogP contribution >= 0.6 is 15.9 Å². The molecule has 1 N–H and O–H groups in total. The molecule has 0 atom stereocenters. The molecule has 0 fully saturated rings. The van der Waals surface area contributed by atoms with Gasteiger partial charge in [-0.25, -0.2) is 9.18 Å². The highest BCUT2D eigenvalue weighted by Crippen LogP contribution is 2.29. The van der Waals surface area contributed by atoms with Crippen molar-refractivity contribution in [1.29, 1.82) is 0 Å². The third-order valence-corrected chi connectivity index (χ3v) is 3.96. The predicted octanol–water partition coefficient (Wildman–Crippen LogP) is 3.36. The molecule has 0 saturated carbocycles. The summed E-state index contributed by atoms with van der Waals surface area (Å²) in [4.78, 5) is 16.7. The number of nitrogens with zero attached hydrogens (tertiary/aromatic N) is 2. The second kappa shape index (κ2) is 6.67. The molecule has 0 aliphatic carbocycles. The summed E-state index contributed by atoms with van der Waals surface area (Å²) in [6.45, 7) is 0.611. The van der Waals surface area contributed by atoms with Crippen LogP contribution in [0.3, 0.4) is 0 Å². The van der Waals surface area contributed by atoms with Crippen molar-refractivity contribution >= 4 is 27.6 Å². The fraction of sp³-hybridized carbons (Fsp3) is 0.200. The molecule has 0 radical (unpaired) electrons. The number of carboxylic acid groups (broad SMARTS) is 1. The Morgan fingerprint density at radius 1 is 1.33 bits per heavy atom. The maximum absolute atomic E-state index is 14.2. The van der Waals surface area contributed by atoms with E-state index in [4.69, 9.17) is 5.11 Å². The molecule has 0 saturated heterocycles. The quantitative estimate of drug-likeness (QED) is 0.896. The Hall–Kier alpha value is -1.95. The third kappa shape index (κ3) is 3.58. The number of hydrogen-bond acceptors (Lipinski definition) is 3. The number of anilines is 1. The monoisotopic (exact) mass is 352 g/mol. The number of benzene rings is 1. The Kier molecular flexibility index (Phi) is 4.90. The van der Waals surface area contributed by atoms with E-state index in [9.17, 15) is 9.18 Å². The number of hydrogen-bond donors (Lipinski definition) is 1. The Labute approximate surface area is 130 Å². The van der Waals surface area contributed by atoms with Crippen LogP contribution in [0.4, 0.5) is 10.1 Å². The summed E-state index contributed by atoms with van der Waals surface area (Å²) in [5, 5.41) is 8.96. The number of likely N-dealkylation sites (N-methyl/N-ethyl adjacent to an activating group) is 1. The molecule has 6 heteroatoms. The Bertz CT molecular complexity index is 650. The molecule has 0 spiro atoms. The van der Waals surface area contributed by atoms with Crippen LogP contribution in [-0.2, 0) is 6.42 Å². The first-order valence-corrected chi connectivity index (χ1v) is 7.11. The first-order chi connectivity index (χ1) is 10.0. The number of carboxylic acids is 1. The van der Waals surface area contributed by atoms with E-state index in [1.165, 1.54) is 12.1 Å². The summed E-state index contributed by atoms with van der Waals surface area (Å²) in [6.07, 6.45) is 4.18. The minimum Gasteiger partial charge on any atom is -0.478 e. The molecule has 0 aliphatic rings. The predicted molar refractivity (Wildman–Crippen MR) is 82.3 cm³/mol. The zero-order valence-electron chi connectivity index (χ0n) is 11.4. The van der Waals surface area contributed by atoms with Gasteiger partial charge in [-0.1, -0.05) is 0 Å². The second-order valence-corrected chi connectivity index (χ2v) is 5.39. The minimum absolute atomic E-state index is 0.0248. The summed E-state index contributed by atoms with van der Waals surface area (Å²) in [5.41, 5.74) is 1.39. The standard InChI is InChI=1S/C15H14BrFN2O2/c1-19(9-6-10-4-7-18-8-5-10)12-3-2-11(15(20)21)13(16)14(12)17/h2-5,7-8H,6,9H2,1H3,(H,20,21). The highest BCUT2D eigenvalue weighted by atomic mass is 79.9. The van der Waals surface area contributed by atoms with Gasteiger partial charge in [0.15, 0.2) is 5.82 Å². The molecule has 2 aromatic rings. The van der Waals surface area contributed by atoms with Gasteiger partial charge in [-0.3, -0.25) is 4.98 Å². The molecular formula is C15H14BrFN2O2. The van der Waals surface area contributed by atoms with Crippen molar-refractivity contribution < 1.29 is 14.3 Å². The zero-order chi connectivity index (χ0) is 15.4. The lowest BCUT2D eigenvalue weighted by atomic mass is 10.1. The molecule has 1 heterocycles. The van der Waals surface area contributed by atoms with E-state index in [1.807, 2.05) is 12.1 Å². The number of carbonyl (C=O) groups is 1. The molecule has 0 unspecified atom stereocenters. The van der Waals surface area contributed by atoms with Crippen molar-refractivity contribution in [3.05, 3.63) is 58.1 Å². The lowest BCUT2D eigenvalue weighted by Gasteiger charge is -2.21. The van der Waals surface area contributed by atoms with Gasteiger partial charge in [0, 0.05) is 26.0 Å². The van der Waals surface area contributed by atoms with E-state index in [0.29, 0.717) is 12.2 Å². The number of aromatic nitrogens is 1. The maximum atomic E-state index is 14.2. The van der Waals surface area contributed by atoms with E-state index >= 15 is 0 Å². The van der Waals surface area contributed by atoms with Crippen molar-refractivity contribution in [1.82, 2.24) is 4.98 Å². The molecule has 1 aromatic carbocycles. The van der Waals surface area contributed by atoms with Crippen LogP contribution in [0.5, 0.6) is 0 Å². The van der Waals surface area contributed by atoms with E-state index < -0.39 is 11.8 Å². The van der Waals surface area contributed by atoms with E-state index in [-0.39, 0.29) is 10.0 Å². The van der Waals surface area contributed by atoms with Gasteiger partial charge in [0.05, 0.1) is 15.7 Å². The van der Waals surface area contributed by atoms with Crippen LogP contribution in [-0.4, -0.2) is 29.7 Å². The van der Waals surface area contributed by atoms with Gasteiger partial charge < -0.3 is 10.0 Å². The highest BCUT2D eigenvalue weighted by Gasteiger charge is 2.17. The van der Waals surface area contributed by atoms with Crippen LogP contribution in [0, 0.1) is 5.82 Å². The minimum atomic E-state index is -1.16. The van der Waals surface area contributed by atoms with Crippen LogP contribution in [0.1, 0.15) is 15.9 Å². The lowest BCUT2D eigenvalue weighted by Crippen LogP contribution is -2.22. The third-order valence-electron chi connectivity index (χ3n) is 3.19. The smallest absolute Gasteiger partial charge is 0.336 e. The lowest BCUT2D eigenvalue weighted by molar-refractivity contribution is 0.0695. The normalized spacial score (nSPS) is 10.4. The van der Waals surface area contributed by atoms with Gasteiger partial charge in [0.25, 0.3) is 0 Å². The molecule has 4 nitrogen and oxygen atoms in total. The molecule has 2 rings (SSSR count). The first-order valence-electron chi connectivity index (χ1n) is 6.32. The topological polar surface area (TPSA) is 53.4 Å². The number of pyridine rings is 1. The van der Waals surface area contributed by atoms with E-state index in [1.54, 1.807) is 24.3 Å². The van der Waals surface area contributed by atoms with Crippen LogP contribution in [0.25, 0.3) is 0 Å². The summed E-state index contributed by atoms with van der Waals surface area (Å²) in [7, 11) is 1.77. The van der Waals surface area contributed by atoms with Crippen molar-refractivity contribution in [3.63, 3.8) is 0 Å². The van der Waals surface area contributed by atoms with Crippen molar-refractivity contribution in [2.75, 3.05) is 18.5 Å². The average molecular weight is 353 g/mol. The van der Waals surface area contributed by atoms with Crippen molar-refractivity contribution in [2.24, 2.45) is 0 Å². The fourth-order valence-corrected chi connectivity index (χ4v) is 2.47. The van der Waals surface area contributed by atoms with Crippen LogP contribution < -0.4 is 4.90 Å². The van der Waals surface area contributed by atoms with Gasteiger partial charge in [0.1, 0.15) is 0 Å². The molecule has 0 aliphatic heterocycles. The van der Waals surface area contributed by atoms with Crippen molar-refractivity contribution in [2.45, 2.75) is 6.42 Å². The van der Waals surface area contributed by atoms with E-state index in [0.717, 1.165) is 12.0 Å². The molecule has 110 valence electrons.